The number of aromatic nitrogens is 1. The van der Waals surface area contributed by atoms with Crippen molar-refractivity contribution in [2.45, 2.75) is 6.54 Å². The zero-order chi connectivity index (χ0) is 23.4. The van der Waals surface area contributed by atoms with Gasteiger partial charge in [-0.2, -0.15) is 0 Å². The standard InChI is InChI=1S/C23H17Cl2F2N3O2/c1-2-18(24)21(19(25)10-28)29-23(32)22(31)17-12-30(11-13-3-5-14(26)6-4-13)20-8-7-15(27)9-16(17)20/h2-10,12H,1,11,28H2,(H,29,32)/b19-10+,21-18-. The van der Waals surface area contributed by atoms with Gasteiger partial charge >= 0.3 is 0 Å². The zero-order valence-electron chi connectivity index (χ0n) is 16.5. The molecule has 0 aliphatic carbocycles. The van der Waals surface area contributed by atoms with Crippen molar-refractivity contribution in [3.05, 3.63) is 106 Å². The molecule has 5 nitrogen and oxygen atoms in total. The van der Waals surface area contributed by atoms with Gasteiger partial charge in [0.1, 0.15) is 11.6 Å². The minimum atomic E-state index is -1.05. The number of nitrogens with zero attached hydrogens (tertiary/aromatic N) is 1. The smallest absolute Gasteiger partial charge is 0.296 e. The Bertz CT molecular complexity index is 1280. The van der Waals surface area contributed by atoms with Crippen LogP contribution in [0.2, 0.25) is 0 Å². The van der Waals surface area contributed by atoms with Crippen LogP contribution in [0.25, 0.3) is 10.9 Å². The number of rotatable bonds is 7. The normalized spacial score (nSPS) is 12.4. The fourth-order valence-corrected chi connectivity index (χ4v) is 3.43. The summed E-state index contributed by atoms with van der Waals surface area (Å²) in [4.78, 5) is 25.6. The van der Waals surface area contributed by atoms with E-state index in [1.807, 2.05) is 0 Å². The molecule has 0 aliphatic heterocycles. The third-order valence-electron chi connectivity index (χ3n) is 4.60. The molecule has 0 atom stereocenters. The van der Waals surface area contributed by atoms with Crippen LogP contribution in [0.15, 0.2) is 83.3 Å². The van der Waals surface area contributed by atoms with Crippen LogP contribution >= 0.6 is 23.2 Å². The summed E-state index contributed by atoms with van der Waals surface area (Å²) in [7, 11) is 0. The number of amides is 1. The molecule has 32 heavy (non-hydrogen) atoms. The second-order valence-electron chi connectivity index (χ2n) is 6.68. The molecular weight excluding hydrogens is 459 g/mol. The predicted octanol–water partition coefficient (Wildman–Crippen LogP) is 4.94. The first-order valence-corrected chi connectivity index (χ1v) is 9.99. The number of benzene rings is 2. The quantitative estimate of drug-likeness (QED) is 0.288. The molecule has 164 valence electrons. The first kappa shape index (κ1) is 23.2. The van der Waals surface area contributed by atoms with Gasteiger partial charge in [0.05, 0.1) is 21.3 Å². The molecular formula is C23H17Cl2F2N3O2. The van der Waals surface area contributed by atoms with E-state index in [1.54, 1.807) is 16.7 Å². The molecule has 0 saturated heterocycles. The van der Waals surface area contributed by atoms with Crippen LogP contribution in [0.5, 0.6) is 0 Å². The van der Waals surface area contributed by atoms with Gasteiger partial charge in [0.15, 0.2) is 0 Å². The molecule has 1 heterocycles. The molecule has 0 bridgehead atoms. The summed E-state index contributed by atoms with van der Waals surface area (Å²) in [5, 5.41) is 2.45. The predicted molar refractivity (Wildman–Crippen MR) is 121 cm³/mol. The maximum Gasteiger partial charge on any atom is 0.296 e. The molecule has 0 spiro atoms. The van der Waals surface area contributed by atoms with E-state index in [2.05, 4.69) is 11.9 Å². The Balaban J connectivity index is 2.01. The Hall–Kier alpha value is -3.42. The van der Waals surface area contributed by atoms with Crippen molar-refractivity contribution in [2.24, 2.45) is 5.73 Å². The number of Topliss-reactive ketones (excluding diaryl/α,β-unsaturated/α-hetero) is 1. The molecule has 1 amide bonds. The van der Waals surface area contributed by atoms with Crippen LogP contribution in [0.1, 0.15) is 15.9 Å². The first-order valence-electron chi connectivity index (χ1n) is 9.23. The van der Waals surface area contributed by atoms with Gasteiger partial charge < -0.3 is 15.6 Å². The summed E-state index contributed by atoms with van der Waals surface area (Å²) in [6.07, 6.45) is 3.66. The SMILES string of the molecule is C=C/C(Cl)=C(NC(=O)C(=O)c1cn(Cc2ccc(F)cc2)c2ccc(F)cc12)\C(Cl)=C/N. The fourth-order valence-electron chi connectivity index (χ4n) is 3.08. The molecule has 0 saturated carbocycles. The molecule has 0 aliphatic rings. The van der Waals surface area contributed by atoms with Crippen molar-refractivity contribution >= 4 is 45.8 Å². The van der Waals surface area contributed by atoms with Gasteiger partial charge in [0, 0.05) is 29.8 Å². The average molecular weight is 476 g/mol. The number of nitrogens with one attached hydrogen (secondary N) is 1. The van der Waals surface area contributed by atoms with E-state index in [0.29, 0.717) is 5.52 Å². The summed E-state index contributed by atoms with van der Waals surface area (Å²) in [6, 6.07) is 9.71. The first-order chi connectivity index (χ1) is 15.2. The monoisotopic (exact) mass is 475 g/mol. The van der Waals surface area contributed by atoms with E-state index in [-0.39, 0.29) is 39.1 Å². The highest BCUT2D eigenvalue weighted by atomic mass is 35.5. The average Bonchev–Trinajstić information content (AvgIpc) is 3.14. The number of ketones is 1. The van der Waals surface area contributed by atoms with E-state index >= 15 is 0 Å². The second kappa shape index (κ2) is 9.80. The largest absolute Gasteiger partial charge is 0.403 e. The van der Waals surface area contributed by atoms with Crippen LogP contribution in [-0.4, -0.2) is 16.3 Å². The lowest BCUT2D eigenvalue weighted by molar-refractivity contribution is -0.116. The van der Waals surface area contributed by atoms with E-state index in [0.717, 1.165) is 17.8 Å². The van der Waals surface area contributed by atoms with E-state index < -0.39 is 17.5 Å². The molecule has 1 aromatic heterocycles. The lowest BCUT2D eigenvalue weighted by Gasteiger charge is -2.09. The van der Waals surface area contributed by atoms with Crippen molar-refractivity contribution in [1.29, 1.82) is 0 Å². The number of carbonyl (C=O) groups excluding carboxylic acids is 2. The van der Waals surface area contributed by atoms with Crippen molar-refractivity contribution in [3.8, 4) is 0 Å². The zero-order valence-corrected chi connectivity index (χ0v) is 18.1. The molecule has 3 N–H and O–H groups in total. The number of hydrogen-bond donors (Lipinski definition) is 2. The number of halogens is 4. The number of fused-ring (bicyclic) bond motifs is 1. The van der Waals surface area contributed by atoms with Crippen LogP contribution < -0.4 is 11.1 Å². The van der Waals surface area contributed by atoms with Gasteiger partial charge in [-0.3, -0.25) is 9.59 Å². The number of carbonyl (C=O) groups is 2. The Morgan fingerprint density at radius 3 is 2.38 bits per heavy atom. The topological polar surface area (TPSA) is 77.1 Å². The van der Waals surface area contributed by atoms with Crippen LogP contribution in [0.3, 0.4) is 0 Å². The number of nitrogens with two attached hydrogens (primary N) is 1. The lowest BCUT2D eigenvalue weighted by atomic mass is 10.1. The molecule has 0 unspecified atom stereocenters. The minimum absolute atomic E-state index is 0.0253. The maximum absolute atomic E-state index is 13.9. The summed E-state index contributed by atoms with van der Waals surface area (Å²) in [5.74, 6) is -2.94. The molecule has 0 fully saturated rings. The van der Waals surface area contributed by atoms with Gasteiger partial charge in [-0.05, 0) is 42.0 Å². The van der Waals surface area contributed by atoms with Crippen LogP contribution in [-0.2, 0) is 11.3 Å². The fraction of sp³-hybridized carbons (Fsp3) is 0.0435. The van der Waals surface area contributed by atoms with Gasteiger partial charge in [-0.1, -0.05) is 41.9 Å². The Kier molecular flexibility index (Phi) is 7.12. The van der Waals surface area contributed by atoms with Crippen molar-refractivity contribution in [1.82, 2.24) is 9.88 Å². The van der Waals surface area contributed by atoms with E-state index in [9.17, 15) is 18.4 Å². The second-order valence-corrected chi connectivity index (χ2v) is 7.50. The van der Waals surface area contributed by atoms with Gasteiger partial charge in [-0.25, -0.2) is 8.78 Å². The number of hydrogen-bond acceptors (Lipinski definition) is 3. The van der Waals surface area contributed by atoms with E-state index in [4.69, 9.17) is 28.9 Å². The van der Waals surface area contributed by atoms with Crippen molar-refractivity contribution < 1.29 is 18.4 Å². The third kappa shape index (κ3) is 4.90. The van der Waals surface area contributed by atoms with Crippen molar-refractivity contribution in [2.75, 3.05) is 0 Å². The summed E-state index contributed by atoms with van der Waals surface area (Å²) in [5.41, 5.74) is 6.53. The molecule has 9 heteroatoms. The van der Waals surface area contributed by atoms with E-state index in [1.165, 1.54) is 36.5 Å². The highest BCUT2D eigenvalue weighted by molar-refractivity contribution is 6.46. The van der Waals surface area contributed by atoms with Gasteiger partial charge in [-0.15, -0.1) is 0 Å². The lowest BCUT2D eigenvalue weighted by Crippen LogP contribution is -2.31. The minimum Gasteiger partial charge on any atom is -0.403 e. The third-order valence-corrected chi connectivity index (χ3v) is 5.26. The summed E-state index contributed by atoms with van der Waals surface area (Å²) < 4.78 is 28.8. The van der Waals surface area contributed by atoms with Crippen molar-refractivity contribution in [3.63, 3.8) is 0 Å². The highest BCUT2D eigenvalue weighted by Crippen LogP contribution is 2.25. The highest BCUT2D eigenvalue weighted by Gasteiger charge is 2.24. The maximum atomic E-state index is 13.9. The number of allylic oxidation sites excluding steroid dienone is 3. The van der Waals surface area contributed by atoms with Crippen LogP contribution in [0.4, 0.5) is 8.78 Å². The molecule has 0 radical (unpaired) electrons. The Morgan fingerprint density at radius 2 is 1.75 bits per heavy atom. The molecule has 3 rings (SSSR count). The summed E-state index contributed by atoms with van der Waals surface area (Å²) >= 11 is 12.0. The molecule has 2 aromatic carbocycles. The summed E-state index contributed by atoms with van der Waals surface area (Å²) in [6.45, 7) is 3.76. The van der Waals surface area contributed by atoms with Gasteiger partial charge in [0.2, 0.25) is 0 Å². The Labute approximate surface area is 192 Å². The molecule has 3 aromatic rings. The van der Waals surface area contributed by atoms with Crippen LogP contribution in [0, 0.1) is 11.6 Å². The Morgan fingerprint density at radius 1 is 1.09 bits per heavy atom. The van der Waals surface area contributed by atoms with Gasteiger partial charge in [0.25, 0.3) is 11.7 Å².